The molecule has 4 rings (SSSR count). The van der Waals surface area contributed by atoms with Crippen molar-refractivity contribution in [3.63, 3.8) is 0 Å². The summed E-state index contributed by atoms with van der Waals surface area (Å²) in [5, 5.41) is 17.0. The van der Waals surface area contributed by atoms with E-state index in [1.165, 1.54) is 10.5 Å². The Morgan fingerprint density at radius 3 is 2.74 bits per heavy atom. The summed E-state index contributed by atoms with van der Waals surface area (Å²) in [7, 11) is -4.44. The predicted molar refractivity (Wildman–Crippen MR) is 93.4 cm³/mol. The third-order valence-corrected chi connectivity index (χ3v) is 4.69. The zero-order valence-corrected chi connectivity index (χ0v) is 14.8. The van der Waals surface area contributed by atoms with Crippen LogP contribution in [0.25, 0.3) is 22.4 Å². The van der Waals surface area contributed by atoms with E-state index in [9.17, 15) is 24.4 Å². The van der Waals surface area contributed by atoms with Gasteiger partial charge in [-0.3, -0.25) is 13.8 Å². The van der Waals surface area contributed by atoms with Gasteiger partial charge in [-0.2, -0.15) is 5.26 Å². The summed E-state index contributed by atoms with van der Waals surface area (Å²) in [5.41, 5.74) is 1.58. The summed E-state index contributed by atoms with van der Waals surface area (Å²) in [5.74, 6) is -0.0492. The lowest BCUT2D eigenvalue weighted by Crippen LogP contribution is -2.13. The zero-order valence-electron chi connectivity index (χ0n) is 13.9. The number of rotatable bonds is 3. The Bertz CT molecular complexity index is 1350. The van der Waals surface area contributed by atoms with Gasteiger partial charge in [0, 0.05) is 6.20 Å². The summed E-state index contributed by atoms with van der Waals surface area (Å²) >= 11 is 0. The van der Waals surface area contributed by atoms with Crippen LogP contribution in [-0.2, 0) is 10.7 Å². The van der Waals surface area contributed by atoms with E-state index < -0.39 is 19.3 Å². The molecule has 0 aliphatic carbocycles. The van der Waals surface area contributed by atoms with E-state index in [0.29, 0.717) is 22.3 Å². The second kappa shape index (κ2) is 5.85. The van der Waals surface area contributed by atoms with Gasteiger partial charge in [-0.15, -0.1) is 10.2 Å². The maximum absolute atomic E-state index is 12.3. The highest BCUT2D eigenvalue weighted by molar-refractivity contribution is 7.50. The van der Waals surface area contributed by atoms with Crippen LogP contribution in [-0.4, -0.2) is 38.9 Å². The number of nitrogens with one attached hydrogen (secondary N) is 1. The Morgan fingerprint density at radius 1 is 1.33 bits per heavy atom. The van der Waals surface area contributed by atoms with E-state index >= 15 is 0 Å². The van der Waals surface area contributed by atoms with E-state index in [1.54, 1.807) is 30.1 Å². The van der Waals surface area contributed by atoms with Crippen LogP contribution in [0.15, 0.2) is 29.5 Å². The van der Waals surface area contributed by atoms with Gasteiger partial charge in [0.1, 0.15) is 18.1 Å². The molecule has 0 saturated carbocycles. The highest BCUT2D eigenvalue weighted by Crippen LogP contribution is 2.38. The number of hydrogen-bond acceptors (Lipinski definition) is 6. The Hall–Kier alpha value is -3.32. The molecule has 0 fully saturated rings. The summed E-state index contributed by atoms with van der Waals surface area (Å²) < 4.78 is 14.4. The first-order valence-corrected chi connectivity index (χ1v) is 9.46. The van der Waals surface area contributed by atoms with Gasteiger partial charge in [0.15, 0.2) is 0 Å². The van der Waals surface area contributed by atoms with Crippen molar-refractivity contribution >= 4 is 24.3 Å². The highest BCUT2D eigenvalue weighted by Gasteiger charge is 2.22. The van der Waals surface area contributed by atoms with Crippen molar-refractivity contribution in [3.05, 3.63) is 52.1 Å². The monoisotopic (exact) mass is 385 g/mol. The fourth-order valence-corrected chi connectivity index (χ4v) is 3.47. The summed E-state index contributed by atoms with van der Waals surface area (Å²) in [6.07, 6.45) is 2.60. The zero-order chi connectivity index (χ0) is 19.3. The average Bonchev–Trinajstić information content (AvgIpc) is 3.20. The number of fused-ring (bicyclic) bond motifs is 3. The molecule has 0 atom stereocenters. The molecule has 4 aromatic rings. The molecule has 3 N–H and O–H groups in total. The largest absolute Gasteiger partial charge is 0.333 e. The quantitative estimate of drug-likeness (QED) is 0.432. The number of aromatic nitrogens is 6. The molecule has 1 aromatic carbocycles. The van der Waals surface area contributed by atoms with Gasteiger partial charge in [0.25, 0.3) is 5.56 Å². The van der Waals surface area contributed by atoms with Crippen LogP contribution in [0.3, 0.4) is 0 Å². The van der Waals surface area contributed by atoms with E-state index in [4.69, 9.17) is 0 Å². The van der Waals surface area contributed by atoms with Crippen LogP contribution in [0.1, 0.15) is 17.1 Å². The fraction of sp³-hybridized carbons (Fsp3) is 0.133. The van der Waals surface area contributed by atoms with Crippen LogP contribution in [0.4, 0.5) is 0 Å². The van der Waals surface area contributed by atoms with Crippen molar-refractivity contribution in [2.75, 3.05) is 0 Å². The molecule has 0 amide bonds. The smallest absolute Gasteiger partial charge is 0.324 e. The van der Waals surface area contributed by atoms with Crippen molar-refractivity contribution in [2.24, 2.45) is 0 Å². The van der Waals surface area contributed by atoms with Gasteiger partial charge in [-0.25, -0.2) is 4.98 Å². The first-order chi connectivity index (χ1) is 12.8. The molecule has 3 aromatic heterocycles. The second-order valence-electron chi connectivity index (χ2n) is 5.97. The van der Waals surface area contributed by atoms with Gasteiger partial charge < -0.3 is 19.3 Å². The van der Waals surface area contributed by atoms with E-state index in [-0.39, 0.29) is 11.5 Å². The first kappa shape index (κ1) is 17.1. The fourth-order valence-electron chi connectivity index (χ4n) is 2.90. The van der Waals surface area contributed by atoms with Crippen molar-refractivity contribution in [1.82, 2.24) is 29.1 Å². The molecule has 27 heavy (non-hydrogen) atoms. The predicted octanol–water partition coefficient (Wildman–Crippen LogP) is 0.614. The number of aromatic amines is 1. The third kappa shape index (κ3) is 2.92. The van der Waals surface area contributed by atoms with Crippen LogP contribution < -0.4 is 5.56 Å². The third-order valence-electron chi connectivity index (χ3n) is 3.99. The number of H-pyrrole nitrogens is 1. The Kier molecular flexibility index (Phi) is 3.71. The molecule has 0 aliphatic heterocycles. The number of nitriles is 1. The summed E-state index contributed by atoms with van der Waals surface area (Å²) in [6.45, 7) is 1.80. The molecular formula is C15H12N7O4P. The standard InChI is InChI=1S/C15H12N7O4P/c1-8-5-21(7-17-8)11-3-12-10(2-9(11)4-16)18-15(23)14-20-19-13(22(12)14)6-27(24,25)26/h2-3,5,7H,6H2,1H3,(H,18,23)(H2,24,25,26). The number of hydrogen-bond donors (Lipinski definition) is 3. The molecule has 0 unspecified atom stereocenters. The minimum absolute atomic E-state index is 0.0492. The molecule has 3 heterocycles. The first-order valence-electron chi connectivity index (χ1n) is 7.66. The second-order valence-corrected chi connectivity index (χ2v) is 7.62. The van der Waals surface area contributed by atoms with Crippen molar-refractivity contribution in [2.45, 2.75) is 13.1 Å². The minimum Gasteiger partial charge on any atom is -0.324 e. The van der Waals surface area contributed by atoms with Gasteiger partial charge in [0.2, 0.25) is 5.65 Å². The van der Waals surface area contributed by atoms with Crippen LogP contribution in [0.2, 0.25) is 0 Å². The Morgan fingerprint density at radius 2 is 2.11 bits per heavy atom. The molecule has 0 saturated heterocycles. The maximum Gasteiger partial charge on any atom is 0.333 e. The van der Waals surface area contributed by atoms with Crippen LogP contribution in [0.5, 0.6) is 0 Å². The molecule has 0 aliphatic rings. The van der Waals surface area contributed by atoms with Crippen LogP contribution >= 0.6 is 7.60 Å². The van der Waals surface area contributed by atoms with Crippen molar-refractivity contribution in [1.29, 1.82) is 5.26 Å². The highest BCUT2D eigenvalue weighted by atomic mass is 31.2. The average molecular weight is 385 g/mol. The van der Waals surface area contributed by atoms with E-state index in [1.807, 2.05) is 0 Å². The SMILES string of the molecule is Cc1cn(-c2cc3c(cc2C#N)[nH]c(=O)c2nnc(CP(=O)(O)O)n23)cn1. The molecule has 0 bridgehead atoms. The molecule has 0 spiro atoms. The van der Waals surface area contributed by atoms with E-state index in [2.05, 4.69) is 26.2 Å². The lowest BCUT2D eigenvalue weighted by Gasteiger charge is -2.10. The van der Waals surface area contributed by atoms with Gasteiger partial charge in [-0.1, -0.05) is 0 Å². The number of aryl methyl sites for hydroxylation is 1. The Balaban J connectivity index is 2.11. The maximum atomic E-state index is 12.3. The minimum atomic E-state index is -4.44. The lowest BCUT2D eigenvalue weighted by atomic mass is 10.1. The molecular weight excluding hydrogens is 373 g/mol. The topological polar surface area (TPSA) is 162 Å². The Labute approximate surface area is 150 Å². The summed E-state index contributed by atoms with van der Waals surface area (Å²) in [4.78, 5) is 37.6. The molecule has 11 nitrogen and oxygen atoms in total. The van der Waals surface area contributed by atoms with Crippen molar-refractivity contribution < 1.29 is 14.4 Å². The molecule has 0 radical (unpaired) electrons. The van der Waals surface area contributed by atoms with Crippen LogP contribution in [0, 0.1) is 18.3 Å². The normalized spacial score (nSPS) is 11.9. The molecule has 12 heteroatoms. The van der Waals surface area contributed by atoms with Crippen molar-refractivity contribution in [3.8, 4) is 11.8 Å². The van der Waals surface area contributed by atoms with Gasteiger partial charge in [-0.05, 0) is 19.1 Å². The summed E-state index contributed by atoms with van der Waals surface area (Å²) in [6, 6.07) is 5.18. The number of nitrogens with zero attached hydrogens (tertiary/aromatic N) is 6. The lowest BCUT2D eigenvalue weighted by molar-refractivity contribution is 0.370. The van der Waals surface area contributed by atoms with Gasteiger partial charge in [0.05, 0.1) is 34.3 Å². The number of imidazole rings is 1. The molecule has 136 valence electrons. The number of benzene rings is 1. The van der Waals surface area contributed by atoms with E-state index in [0.717, 1.165) is 5.69 Å². The van der Waals surface area contributed by atoms with Gasteiger partial charge >= 0.3 is 7.60 Å².